The van der Waals surface area contributed by atoms with Gasteiger partial charge in [-0.2, -0.15) is 0 Å². The maximum Gasteiger partial charge on any atom is 0.180 e. The zero-order chi connectivity index (χ0) is 61.5. The molecule has 0 fully saturated rings. The van der Waals surface area contributed by atoms with Crippen LogP contribution >= 0.6 is 15.9 Å². The topological polar surface area (TPSA) is 107 Å². The van der Waals surface area contributed by atoms with Gasteiger partial charge in [0.25, 0.3) is 0 Å². The number of para-hydroxylation sites is 2. The standard InChI is InChI=1S/C41H24N4O.C21H12BrN3O.C21H14.H2/c1-2-9-28-23-35-33(22-27(28)8-1)31-14-5-10-25-11-6-15-34(37(25)31)45(35)30-19-17-26(18-20-30)41-43-38(29-12-7-21-42-24-29)40-39(44-41)32-13-3-4-16-36(32)46-40;22-15-9-7-13(8-10-15)21-24-18(14-4-3-11-23-12-14)20-19(25-21)16-5-1-2-6-17(16)26-20;1-2-6-16-13-20-18(11-15(16)5-1)12-17-9-3-7-14-8-4-10-19(20)21(14)17;/h1-24H;1-12H;1-11,13H,12H2;1H/i;;;1+1. The van der Waals surface area contributed by atoms with E-state index < -0.39 is 0 Å². The minimum atomic E-state index is 0. The van der Waals surface area contributed by atoms with Crippen LogP contribution in [0.3, 0.4) is 0 Å². The van der Waals surface area contributed by atoms with Gasteiger partial charge in [0.05, 0.1) is 11.4 Å². The number of aromatic nitrogens is 6. The Hall–Kier alpha value is -12.0. The van der Waals surface area contributed by atoms with E-state index in [-0.39, 0.29) is 1.43 Å². The van der Waals surface area contributed by atoms with Crippen molar-refractivity contribution in [1.82, 2.24) is 29.9 Å². The van der Waals surface area contributed by atoms with E-state index in [1.807, 2.05) is 103 Å². The van der Waals surface area contributed by atoms with Crippen LogP contribution in [0.2, 0.25) is 0 Å². The molecule has 9 nitrogen and oxygen atoms in total. The van der Waals surface area contributed by atoms with Crippen molar-refractivity contribution in [2.75, 3.05) is 4.90 Å². The molecule has 0 N–H and O–H groups in total. The van der Waals surface area contributed by atoms with E-state index in [1.54, 1.807) is 18.6 Å². The van der Waals surface area contributed by atoms with Gasteiger partial charge < -0.3 is 13.7 Å². The van der Waals surface area contributed by atoms with Crippen molar-refractivity contribution >= 4 is 120 Å². The predicted molar refractivity (Wildman–Crippen MR) is 384 cm³/mol. The molecule has 20 rings (SSSR count). The van der Waals surface area contributed by atoms with Crippen LogP contribution in [0.5, 0.6) is 0 Å². The Morgan fingerprint density at radius 2 is 0.839 bits per heavy atom. The summed E-state index contributed by atoms with van der Waals surface area (Å²) in [6.07, 6.45) is 8.16. The summed E-state index contributed by atoms with van der Waals surface area (Å²) >= 11 is 3.47. The molecule has 0 bridgehead atoms. The molecule has 1 aliphatic carbocycles. The number of rotatable bonds is 5. The fourth-order valence-electron chi connectivity index (χ4n) is 13.6. The summed E-state index contributed by atoms with van der Waals surface area (Å²) in [7, 11) is 0. The molecule has 0 atom stereocenters. The van der Waals surface area contributed by atoms with Crippen LogP contribution in [0.25, 0.3) is 155 Å². The number of hydrogen-bond donors (Lipinski definition) is 0. The van der Waals surface area contributed by atoms with E-state index in [4.69, 9.17) is 28.8 Å². The minimum Gasteiger partial charge on any atom is -0.452 e. The fourth-order valence-corrected chi connectivity index (χ4v) is 13.9. The molecular weight excluding hydrogens is 1210 g/mol. The first-order valence-corrected chi connectivity index (χ1v) is 31.7. The number of benzene rings is 12. The Labute approximate surface area is 543 Å². The highest BCUT2D eigenvalue weighted by Gasteiger charge is 2.28. The zero-order valence-electron chi connectivity index (χ0n) is 49.7. The molecule has 7 heterocycles. The number of fused-ring (bicyclic) bond motifs is 12. The Balaban J connectivity index is 0.000000118. The van der Waals surface area contributed by atoms with Gasteiger partial charge in [-0.05, 0) is 181 Å². The molecule has 1 aliphatic heterocycles. The first kappa shape index (κ1) is 54.0. The quantitative estimate of drug-likeness (QED) is 0.166. The van der Waals surface area contributed by atoms with Crippen LogP contribution in [-0.4, -0.2) is 29.9 Å². The van der Waals surface area contributed by atoms with Crippen molar-refractivity contribution in [3.8, 4) is 67.5 Å². The largest absolute Gasteiger partial charge is 0.452 e. The summed E-state index contributed by atoms with van der Waals surface area (Å²) in [5, 5.41) is 12.3. The van der Waals surface area contributed by atoms with Gasteiger partial charge in [-0.3, -0.25) is 9.97 Å². The van der Waals surface area contributed by atoms with Crippen molar-refractivity contribution in [3.63, 3.8) is 0 Å². The molecule has 0 spiro atoms. The van der Waals surface area contributed by atoms with Gasteiger partial charge in [0.1, 0.15) is 33.6 Å². The highest BCUT2D eigenvalue weighted by atomic mass is 79.9. The molecule has 0 radical (unpaired) electrons. The molecule has 12 aromatic carbocycles. The number of furan rings is 2. The summed E-state index contributed by atoms with van der Waals surface area (Å²) in [4.78, 5) is 30.7. The third-order valence-corrected chi connectivity index (χ3v) is 18.5. The molecule has 10 heteroatoms. The highest BCUT2D eigenvalue weighted by Crippen LogP contribution is 2.52. The third kappa shape index (κ3) is 9.37. The van der Waals surface area contributed by atoms with Gasteiger partial charge in [-0.1, -0.05) is 174 Å². The Morgan fingerprint density at radius 1 is 0.355 bits per heavy atom. The van der Waals surface area contributed by atoms with Crippen LogP contribution < -0.4 is 4.90 Å². The van der Waals surface area contributed by atoms with Crippen molar-refractivity contribution in [3.05, 3.63) is 307 Å². The Kier molecular flexibility index (Phi) is 12.9. The number of pyridine rings is 2. The molecule has 0 saturated carbocycles. The number of halogens is 1. The Bertz CT molecular complexity index is 5990. The maximum absolute atomic E-state index is 6.29. The lowest BCUT2D eigenvalue weighted by atomic mass is 9.82. The second-order valence-corrected chi connectivity index (χ2v) is 24.4. The first-order valence-electron chi connectivity index (χ1n) is 30.9. The van der Waals surface area contributed by atoms with Gasteiger partial charge in [0.2, 0.25) is 0 Å². The van der Waals surface area contributed by atoms with Crippen LogP contribution in [0.4, 0.5) is 17.1 Å². The van der Waals surface area contributed by atoms with Gasteiger partial charge in [0, 0.05) is 80.4 Å². The van der Waals surface area contributed by atoms with E-state index in [0.29, 0.717) is 22.8 Å². The average Bonchev–Trinajstić information content (AvgIpc) is 0.903. The van der Waals surface area contributed by atoms with Crippen molar-refractivity contribution in [2.45, 2.75) is 6.42 Å². The number of anilines is 3. The van der Waals surface area contributed by atoms with E-state index in [2.05, 4.69) is 201 Å². The second-order valence-electron chi connectivity index (χ2n) is 23.5. The van der Waals surface area contributed by atoms with E-state index in [9.17, 15) is 0 Å². The number of hydrogen-bond acceptors (Lipinski definition) is 9. The lowest BCUT2D eigenvalue weighted by Gasteiger charge is -2.34. The molecule has 0 unspecified atom stereocenters. The molecule has 6 aromatic heterocycles. The predicted octanol–water partition coefficient (Wildman–Crippen LogP) is 22.5. The SMILES string of the molecule is Brc1ccc(-c2nc(-c3cccnc3)c3oc4ccccc4c3n2)cc1.[2HH].c1ccc2cc3c(cc2c1)Cc1cccc2cccc-3c12.c1cncc(-c2nc(-c3ccc(N4c5cc6ccccc6cc5-c5cccc6cccc4c56)cc3)nc3c2oc2ccccc23)c1. The lowest BCUT2D eigenvalue weighted by molar-refractivity contribution is 0.667. The van der Waals surface area contributed by atoms with Gasteiger partial charge in [-0.15, -0.1) is 0 Å². The van der Waals surface area contributed by atoms with Crippen LogP contribution in [-0.2, 0) is 6.42 Å². The fraction of sp³-hybridized carbons (Fsp3) is 0.0120. The van der Waals surface area contributed by atoms with Crippen molar-refractivity contribution in [2.24, 2.45) is 0 Å². The van der Waals surface area contributed by atoms with Gasteiger partial charge >= 0.3 is 0 Å². The smallest absolute Gasteiger partial charge is 0.180 e. The molecule has 18 aromatic rings. The summed E-state index contributed by atoms with van der Waals surface area (Å²) in [6, 6.07) is 93.3. The zero-order valence-corrected chi connectivity index (χ0v) is 51.3. The Morgan fingerprint density at radius 3 is 1.42 bits per heavy atom. The number of nitrogens with zero attached hydrogens (tertiary/aromatic N) is 7. The summed E-state index contributed by atoms with van der Waals surface area (Å²) in [5.74, 6) is 1.30. The summed E-state index contributed by atoms with van der Waals surface area (Å²) in [5.41, 5.74) is 21.3. The average molecular weight is 1260 g/mol. The van der Waals surface area contributed by atoms with Crippen LogP contribution in [0.1, 0.15) is 12.6 Å². The molecule has 0 amide bonds. The molecule has 0 saturated heterocycles. The minimum absolute atomic E-state index is 0. The van der Waals surface area contributed by atoms with E-state index >= 15 is 0 Å². The van der Waals surface area contributed by atoms with Gasteiger partial charge in [0.15, 0.2) is 22.8 Å². The van der Waals surface area contributed by atoms with Crippen molar-refractivity contribution in [1.29, 1.82) is 0 Å². The molecule has 93 heavy (non-hydrogen) atoms. The van der Waals surface area contributed by atoms with Gasteiger partial charge in [-0.25, -0.2) is 19.9 Å². The summed E-state index contributed by atoms with van der Waals surface area (Å²) < 4.78 is 13.4. The maximum atomic E-state index is 6.29. The lowest BCUT2D eigenvalue weighted by Crippen LogP contribution is -2.15. The van der Waals surface area contributed by atoms with Crippen LogP contribution in [0.15, 0.2) is 305 Å². The first-order chi connectivity index (χ1) is 46.0. The molecular formula is C83H52BrN7O2. The highest BCUT2D eigenvalue weighted by molar-refractivity contribution is 9.10. The molecule has 438 valence electrons. The van der Waals surface area contributed by atoms with E-state index in [0.717, 1.165) is 83.2 Å². The van der Waals surface area contributed by atoms with E-state index in [1.165, 1.54) is 87.8 Å². The second kappa shape index (κ2) is 22.2. The van der Waals surface area contributed by atoms with Crippen molar-refractivity contribution < 1.29 is 10.3 Å². The third-order valence-electron chi connectivity index (χ3n) is 17.9. The summed E-state index contributed by atoms with van der Waals surface area (Å²) in [6.45, 7) is 0. The normalized spacial score (nSPS) is 12.1. The monoisotopic (exact) mass is 1260 g/mol. The molecule has 2 aliphatic rings. The van der Waals surface area contributed by atoms with Crippen LogP contribution in [0, 0.1) is 0 Å².